The van der Waals surface area contributed by atoms with E-state index in [0.717, 1.165) is 54.0 Å². The number of hydrogen-bond acceptors (Lipinski definition) is 8. The second-order valence-electron chi connectivity index (χ2n) is 8.42. The minimum atomic E-state index is -0.0280. The first-order chi connectivity index (χ1) is 16.0. The first-order valence-electron chi connectivity index (χ1n) is 10.9. The Bertz CT molecular complexity index is 1320. The topological polar surface area (TPSA) is 106 Å². The number of ketones is 1. The van der Waals surface area contributed by atoms with Crippen LogP contribution in [-0.4, -0.2) is 68.6 Å². The number of nitrogens with two attached hydrogens (primary N) is 1. The molecule has 0 bridgehead atoms. The second kappa shape index (κ2) is 8.59. The summed E-state index contributed by atoms with van der Waals surface area (Å²) in [5.74, 6) is 1.89. The van der Waals surface area contributed by atoms with Crippen molar-refractivity contribution in [1.82, 2.24) is 29.6 Å². The summed E-state index contributed by atoms with van der Waals surface area (Å²) in [6.45, 7) is 3.77. The van der Waals surface area contributed by atoms with Crippen LogP contribution < -0.4 is 10.6 Å². The minimum Gasteiger partial charge on any atom is -0.383 e. The van der Waals surface area contributed by atoms with Crippen LogP contribution in [0.4, 0.5) is 11.6 Å². The van der Waals surface area contributed by atoms with Crippen molar-refractivity contribution in [1.29, 1.82) is 0 Å². The highest BCUT2D eigenvalue weighted by molar-refractivity contribution is 5.98. The molecule has 5 rings (SSSR count). The summed E-state index contributed by atoms with van der Waals surface area (Å²) in [4.78, 5) is 31.1. The summed E-state index contributed by atoms with van der Waals surface area (Å²) in [6, 6.07) is 9.51. The summed E-state index contributed by atoms with van der Waals surface area (Å²) in [7, 11) is 3.92. The number of carbonyl (C=O) groups excluding carboxylic acids is 1. The molecule has 4 heterocycles. The van der Waals surface area contributed by atoms with E-state index in [1.165, 1.54) is 0 Å². The monoisotopic (exact) mass is 442 g/mol. The van der Waals surface area contributed by atoms with Crippen molar-refractivity contribution in [2.75, 3.05) is 43.9 Å². The van der Waals surface area contributed by atoms with Crippen LogP contribution in [0.1, 0.15) is 16.2 Å². The van der Waals surface area contributed by atoms with E-state index in [0.29, 0.717) is 17.2 Å². The van der Waals surface area contributed by atoms with Crippen LogP contribution in [0, 0.1) is 0 Å². The lowest BCUT2D eigenvalue weighted by atomic mass is 10.1. The van der Waals surface area contributed by atoms with E-state index in [2.05, 4.69) is 36.9 Å². The van der Waals surface area contributed by atoms with Gasteiger partial charge in [-0.3, -0.25) is 9.48 Å². The number of hydrogen-bond donors (Lipinski definition) is 1. The molecule has 1 saturated heterocycles. The van der Waals surface area contributed by atoms with Crippen molar-refractivity contribution >= 4 is 28.3 Å². The van der Waals surface area contributed by atoms with Gasteiger partial charge < -0.3 is 15.5 Å². The molecule has 0 atom stereocenters. The molecule has 0 unspecified atom stereocenters. The SMILES string of the molecule is CN1CCN(c2cc(C(=O)Cc3ncc4ccc(-c5cnn(C)c5N)cc4n3)ccn2)CC1. The number of fused-ring (bicyclic) bond motifs is 1. The molecule has 0 radical (unpaired) electrons. The third-order valence-electron chi connectivity index (χ3n) is 6.14. The number of piperazine rings is 1. The summed E-state index contributed by atoms with van der Waals surface area (Å²) in [6.07, 6.45) is 5.32. The lowest BCUT2D eigenvalue weighted by Gasteiger charge is -2.33. The molecule has 0 amide bonds. The molecule has 1 aromatic carbocycles. The first kappa shape index (κ1) is 21.0. The zero-order valence-electron chi connectivity index (χ0n) is 18.8. The molecule has 2 N–H and O–H groups in total. The predicted molar refractivity (Wildman–Crippen MR) is 128 cm³/mol. The first-order valence-corrected chi connectivity index (χ1v) is 10.9. The summed E-state index contributed by atoms with van der Waals surface area (Å²) in [5, 5.41) is 5.11. The standard InChI is InChI=1S/C24H26N8O/c1-30-7-9-32(10-8-30)23-12-17(5-6-26-23)21(33)13-22-27-14-18-4-3-16(11-20(18)29-22)19-15-28-31(2)24(19)25/h3-6,11-12,14-15H,7-10,13,25H2,1-2H3. The van der Waals surface area contributed by atoms with Gasteiger partial charge in [0.15, 0.2) is 5.78 Å². The number of nitrogen functional groups attached to an aromatic ring is 1. The van der Waals surface area contributed by atoms with E-state index in [9.17, 15) is 4.79 Å². The number of Topliss-reactive ketones (excluding diaryl/α,β-unsaturated/α-hetero) is 1. The Hall–Kier alpha value is -3.85. The molecular formula is C24H26N8O. The minimum absolute atomic E-state index is 0.0280. The summed E-state index contributed by atoms with van der Waals surface area (Å²) < 4.78 is 1.63. The van der Waals surface area contributed by atoms with Gasteiger partial charge in [0.25, 0.3) is 0 Å². The Labute approximate surface area is 191 Å². The maximum Gasteiger partial charge on any atom is 0.170 e. The lowest BCUT2D eigenvalue weighted by Crippen LogP contribution is -2.44. The number of pyridine rings is 1. The normalized spacial score (nSPS) is 14.7. The molecule has 33 heavy (non-hydrogen) atoms. The van der Waals surface area contributed by atoms with Gasteiger partial charge in [0.1, 0.15) is 17.5 Å². The highest BCUT2D eigenvalue weighted by Gasteiger charge is 2.17. The molecule has 4 aromatic rings. The van der Waals surface area contributed by atoms with E-state index in [1.54, 1.807) is 36.4 Å². The van der Waals surface area contributed by atoms with Gasteiger partial charge in [0.2, 0.25) is 0 Å². The Morgan fingerprint density at radius 2 is 1.85 bits per heavy atom. The van der Waals surface area contributed by atoms with E-state index < -0.39 is 0 Å². The fourth-order valence-electron chi connectivity index (χ4n) is 4.03. The number of carbonyl (C=O) groups is 1. The largest absolute Gasteiger partial charge is 0.383 e. The molecule has 1 fully saturated rings. The molecular weight excluding hydrogens is 416 g/mol. The van der Waals surface area contributed by atoms with Crippen LogP contribution in [0.5, 0.6) is 0 Å². The zero-order valence-corrected chi connectivity index (χ0v) is 18.8. The van der Waals surface area contributed by atoms with Gasteiger partial charge >= 0.3 is 0 Å². The molecule has 9 heteroatoms. The van der Waals surface area contributed by atoms with Crippen molar-refractivity contribution in [2.45, 2.75) is 6.42 Å². The van der Waals surface area contributed by atoms with Crippen LogP contribution >= 0.6 is 0 Å². The average Bonchev–Trinajstić information content (AvgIpc) is 3.17. The van der Waals surface area contributed by atoms with E-state index in [-0.39, 0.29) is 12.2 Å². The molecule has 0 spiro atoms. The number of benzene rings is 1. The third-order valence-corrected chi connectivity index (χ3v) is 6.14. The van der Waals surface area contributed by atoms with E-state index in [4.69, 9.17) is 5.73 Å². The van der Waals surface area contributed by atoms with Crippen LogP contribution in [0.15, 0.2) is 48.9 Å². The molecule has 0 aliphatic carbocycles. The Balaban J connectivity index is 1.37. The number of likely N-dealkylation sites (N-methyl/N-ethyl adjacent to an activating group) is 1. The number of anilines is 2. The highest BCUT2D eigenvalue weighted by atomic mass is 16.1. The van der Waals surface area contributed by atoms with Gasteiger partial charge in [0.05, 0.1) is 18.1 Å². The fraction of sp³-hybridized carbons (Fsp3) is 0.292. The predicted octanol–water partition coefficient (Wildman–Crippen LogP) is 2.18. The van der Waals surface area contributed by atoms with Crippen molar-refractivity contribution in [3.8, 4) is 11.1 Å². The van der Waals surface area contributed by atoms with Crippen molar-refractivity contribution in [2.24, 2.45) is 7.05 Å². The lowest BCUT2D eigenvalue weighted by molar-refractivity contribution is 0.0991. The van der Waals surface area contributed by atoms with Gasteiger partial charge in [-0.15, -0.1) is 0 Å². The molecule has 1 aliphatic rings. The van der Waals surface area contributed by atoms with Crippen LogP contribution in [0.25, 0.3) is 22.0 Å². The maximum absolute atomic E-state index is 13.0. The molecule has 0 saturated carbocycles. The number of aryl methyl sites for hydroxylation is 1. The molecule has 9 nitrogen and oxygen atoms in total. The van der Waals surface area contributed by atoms with Crippen LogP contribution in [0.2, 0.25) is 0 Å². The number of rotatable bonds is 5. The van der Waals surface area contributed by atoms with Crippen LogP contribution in [-0.2, 0) is 13.5 Å². The van der Waals surface area contributed by atoms with Gasteiger partial charge in [-0.1, -0.05) is 12.1 Å². The Morgan fingerprint density at radius 1 is 1.03 bits per heavy atom. The van der Waals surface area contributed by atoms with E-state index >= 15 is 0 Å². The van der Waals surface area contributed by atoms with Crippen molar-refractivity contribution in [3.63, 3.8) is 0 Å². The van der Waals surface area contributed by atoms with Crippen LogP contribution in [0.3, 0.4) is 0 Å². The zero-order chi connectivity index (χ0) is 22.9. The van der Waals surface area contributed by atoms with Gasteiger partial charge in [0, 0.05) is 62.1 Å². The average molecular weight is 443 g/mol. The Morgan fingerprint density at radius 3 is 2.61 bits per heavy atom. The quantitative estimate of drug-likeness (QED) is 0.469. The molecule has 3 aromatic heterocycles. The van der Waals surface area contributed by atoms with Crippen molar-refractivity contribution < 1.29 is 4.79 Å². The van der Waals surface area contributed by atoms with E-state index in [1.807, 2.05) is 24.3 Å². The molecule has 1 aliphatic heterocycles. The Kier molecular flexibility index (Phi) is 5.47. The fourth-order valence-corrected chi connectivity index (χ4v) is 4.03. The van der Waals surface area contributed by atoms with Gasteiger partial charge in [-0.05, 0) is 30.8 Å². The third kappa shape index (κ3) is 4.27. The highest BCUT2D eigenvalue weighted by Crippen LogP contribution is 2.27. The maximum atomic E-state index is 13.0. The smallest absolute Gasteiger partial charge is 0.170 e. The summed E-state index contributed by atoms with van der Waals surface area (Å²) in [5.41, 5.74) is 9.29. The van der Waals surface area contributed by atoms with Gasteiger partial charge in [-0.2, -0.15) is 5.10 Å². The molecule has 168 valence electrons. The second-order valence-corrected chi connectivity index (χ2v) is 8.42. The summed E-state index contributed by atoms with van der Waals surface area (Å²) >= 11 is 0. The van der Waals surface area contributed by atoms with Gasteiger partial charge in [-0.25, -0.2) is 15.0 Å². The number of nitrogens with zero attached hydrogens (tertiary/aromatic N) is 7. The number of aromatic nitrogens is 5. The van der Waals surface area contributed by atoms with Crippen molar-refractivity contribution in [3.05, 3.63) is 60.3 Å².